The predicted octanol–water partition coefficient (Wildman–Crippen LogP) is 1.77. The minimum absolute atomic E-state index is 0.0747. The number of nitrogens with one attached hydrogen (secondary N) is 1. The molecule has 100 valence electrons. The number of benzene rings is 1. The Balaban J connectivity index is 2.51. The summed E-state index contributed by atoms with van der Waals surface area (Å²) in [4.78, 5) is 15.6. The quantitative estimate of drug-likeness (QED) is 0.444. The molecule has 0 bridgehead atoms. The highest BCUT2D eigenvalue weighted by Crippen LogP contribution is 2.30. The Morgan fingerprint density at radius 1 is 1.37 bits per heavy atom. The van der Waals surface area contributed by atoms with Gasteiger partial charge in [-0.05, 0) is 30.2 Å². The van der Waals surface area contributed by atoms with Gasteiger partial charge < -0.3 is 9.52 Å². The number of hydrogen-bond donors (Lipinski definition) is 3. The summed E-state index contributed by atoms with van der Waals surface area (Å²) in [6, 6.07) is 6.49. The van der Waals surface area contributed by atoms with Crippen LogP contribution in [0, 0.1) is 0 Å². The number of hydrazine groups is 1. The molecule has 0 saturated carbocycles. The van der Waals surface area contributed by atoms with Gasteiger partial charge in [0.05, 0.1) is 5.69 Å². The number of amides is 1. The molecule has 1 heterocycles. The van der Waals surface area contributed by atoms with Gasteiger partial charge in [0.15, 0.2) is 5.76 Å². The van der Waals surface area contributed by atoms with Crippen LogP contribution >= 0.6 is 0 Å². The van der Waals surface area contributed by atoms with E-state index in [1.165, 1.54) is 0 Å². The first-order valence-corrected chi connectivity index (χ1v) is 5.84. The molecule has 0 fully saturated rings. The van der Waals surface area contributed by atoms with Crippen molar-refractivity contribution in [3.05, 3.63) is 35.9 Å². The molecule has 0 radical (unpaired) electrons. The van der Waals surface area contributed by atoms with Crippen LogP contribution in [0.25, 0.3) is 11.3 Å². The van der Waals surface area contributed by atoms with Gasteiger partial charge in [-0.25, -0.2) is 10.8 Å². The molecule has 6 heteroatoms. The highest BCUT2D eigenvalue weighted by Gasteiger charge is 2.21. The van der Waals surface area contributed by atoms with E-state index >= 15 is 0 Å². The van der Waals surface area contributed by atoms with E-state index in [0.29, 0.717) is 11.5 Å². The molecule has 0 spiro atoms. The number of nitrogens with zero attached hydrogens (tertiary/aromatic N) is 1. The Morgan fingerprint density at radius 3 is 2.53 bits per heavy atom. The van der Waals surface area contributed by atoms with Gasteiger partial charge in [0, 0.05) is 5.56 Å². The second-order valence-electron chi connectivity index (χ2n) is 4.41. The van der Waals surface area contributed by atoms with Gasteiger partial charge in [0.25, 0.3) is 5.89 Å². The van der Waals surface area contributed by atoms with Crippen LogP contribution in [0.1, 0.15) is 36.1 Å². The average molecular weight is 261 g/mol. The molecular formula is C13H15N3O3. The average Bonchev–Trinajstić information content (AvgIpc) is 2.84. The minimum atomic E-state index is -0.577. The standard InChI is InChI=1S/C13H15N3O3/c1-7(2)10-11(8-3-5-9(17)6-4-8)19-13(15-10)12(18)16-14/h3-7,17H,14H2,1-2H3,(H,16,18). The van der Waals surface area contributed by atoms with Gasteiger partial charge >= 0.3 is 5.91 Å². The largest absolute Gasteiger partial charge is 0.508 e. The van der Waals surface area contributed by atoms with Crippen LogP contribution in [0.4, 0.5) is 0 Å². The summed E-state index contributed by atoms with van der Waals surface area (Å²) in [6.07, 6.45) is 0. The summed E-state index contributed by atoms with van der Waals surface area (Å²) in [5, 5.41) is 9.29. The van der Waals surface area contributed by atoms with Crippen LogP contribution in [0.3, 0.4) is 0 Å². The summed E-state index contributed by atoms with van der Waals surface area (Å²) in [7, 11) is 0. The van der Waals surface area contributed by atoms with Crippen LogP contribution in [0.2, 0.25) is 0 Å². The van der Waals surface area contributed by atoms with Crippen molar-refractivity contribution in [1.29, 1.82) is 0 Å². The zero-order valence-corrected chi connectivity index (χ0v) is 10.7. The lowest BCUT2D eigenvalue weighted by molar-refractivity contribution is 0.0920. The van der Waals surface area contributed by atoms with Crippen molar-refractivity contribution in [2.75, 3.05) is 0 Å². The number of carbonyl (C=O) groups excluding carboxylic acids is 1. The molecule has 0 atom stereocenters. The number of oxazole rings is 1. The fourth-order valence-corrected chi connectivity index (χ4v) is 1.70. The van der Waals surface area contributed by atoms with Gasteiger partial charge in [-0.3, -0.25) is 10.2 Å². The first-order chi connectivity index (χ1) is 9.02. The third kappa shape index (κ3) is 2.58. The number of rotatable bonds is 3. The molecule has 4 N–H and O–H groups in total. The van der Waals surface area contributed by atoms with Crippen molar-refractivity contribution in [1.82, 2.24) is 10.4 Å². The van der Waals surface area contributed by atoms with Crippen molar-refractivity contribution in [3.63, 3.8) is 0 Å². The topological polar surface area (TPSA) is 101 Å². The summed E-state index contributed by atoms with van der Waals surface area (Å²) < 4.78 is 5.47. The fourth-order valence-electron chi connectivity index (χ4n) is 1.70. The van der Waals surface area contributed by atoms with E-state index in [0.717, 1.165) is 5.56 Å². The zero-order chi connectivity index (χ0) is 14.0. The molecule has 0 aliphatic heterocycles. The Morgan fingerprint density at radius 2 is 2.00 bits per heavy atom. The molecule has 0 saturated heterocycles. The maximum absolute atomic E-state index is 11.5. The lowest BCUT2D eigenvalue weighted by atomic mass is 10.0. The third-order valence-corrected chi connectivity index (χ3v) is 2.66. The first kappa shape index (κ1) is 13.1. The number of nitrogen functional groups attached to an aromatic ring is 1. The van der Waals surface area contributed by atoms with E-state index in [2.05, 4.69) is 4.98 Å². The molecular weight excluding hydrogens is 246 g/mol. The van der Waals surface area contributed by atoms with Crippen LogP contribution < -0.4 is 11.3 Å². The van der Waals surface area contributed by atoms with Crippen LogP contribution in [-0.2, 0) is 0 Å². The second-order valence-corrected chi connectivity index (χ2v) is 4.41. The molecule has 0 aliphatic rings. The highest BCUT2D eigenvalue weighted by atomic mass is 16.4. The molecule has 2 rings (SSSR count). The Labute approximate surface area is 110 Å². The second kappa shape index (κ2) is 5.11. The van der Waals surface area contributed by atoms with E-state index in [1.54, 1.807) is 24.3 Å². The van der Waals surface area contributed by atoms with Gasteiger partial charge in [-0.15, -0.1) is 0 Å². The number of carbonyl (C=O) groups is 1. The number of aromatic hydroxyl groups is 1. The minimum Gasteiger partial charge on any atom is -0.508 e. The SMILES string of the molecule is CC(C)c1nc(C(=O)NN)oc1-c1ccc(O)cc1. The molecule has 19 heavy (non-hydrogen) atoms. The van der Waals surface area contributed by atoms with Crippen molar-refractivity contribution in [2.45, 2.75) is 19.8 Å². The number of phenolic OH excluding ortho intramolecular Hbond substituents is 1. The maximum Gasteiger partial charge on any atom is 0.321 e. The summed E-state index contributed by atoms with van der Waals surface area (Å²) >= 11 is 0. The van der Waals surface area contributed by atoms with E-state index < -0.39 is 5.91 Å². The Hall–Kier alpha value is -2.34. The van der Waals surface area contributed by atoms with E-state index in [4.69, 9.17) is 10.3 Å². The number of phenols is 1. The number of hydrogen-bond acceptors (Lipinski definition) is 5. The van der Waals surface area contributed by atoms with Crippen LogP contribution in [0.15, 0.2) is 28.7 Å². The monoisotopic (exact) mass is 261 g/mol. The highest BCUT2D eigenvalue weighted by molar-refractivity contribution is 5.89. The lowest BCUT2D eigenvalue weighted by Crippen LogP contribution is -2.30. The fraction of sp³-hybridized carbons (Fsp3) is 0.231. The predicted molar refractivity (Wildman–Crippen MR) is 69.3 cm³/mol. The molecule has 0 unspecified atom stereocenters. The van der Waals surface area contributed by atoms with E-state index in [1.807, 2.05) is 19.3 Å². The van der Waals surface area contributed by atoms with Crippen molar-refractivity contribution >= 4 is 5.91 Å². The van der Waals surface area contributed by atoms with Crippen LogP contribution in [0.5, 0.6) is 5.75 Å². The third-order valence-electron chi connectivity index (χ3n) is 2.66. The van der Waals surface area contributed by atoms with Crippen molar-refractivity contribution in [3.8, 4) is 17.1 Å². The normalized spacial score (nSPS) is 10.7. The van der Waals surface area contributed by atoms with Crippen molar-refractivity contribution in [2.24, 2.45) is 5.84 Å². The summed E-state index contributed by atoms with van der Waals surface area (Å²) in [5.74, 6) is 5.17. The van der Waals surface area contributed by atoms with Crippen molar-refractivity contribution < 1.29 is 14.3 Å². The van der Waals surface area contributed by atoms with Gasteiger partial charge in [-0.1, -0.05) is 13.8 Å². The molecule has 1 aromatic heterocycles. The number of aromatic nitrogens is 1. The lowest BCUT2D eigenvalue weighted by Gasteiger charge is -2.03. The van der Waals surface area contributed by atoms with Crippen LogP contribution in [-0.4, -0.2) is 16.0 Å². The van der Waals surface area contributed by atoms with E-state index in [9.17, 15) is 9.90 Å². The smallest absolute Gasteiger partial charge is 0.321 e. The maximum atomic E-state index is 11.5. The first-order valence-electron chi connectivity index (χ1n) is 5.84. The van der Waals surface area contributed by atoms with Gasteiger partial charge in [0.1, 0.15) is 5.75 Å². The van der Waals surface area contributed by atoms with Gasteiger partial charge in [-0.2, -0.15) is 0 Å². The molecule has 0 aliphatic carbocycles. The molecule has 1 amide bonds. The molecule has 1 aromatic carbocycles. The Bertz CT molecular complexity index is 588. The Kier molecular flexibility index (Phi) is 3.52. The summed E-state index contributed by atoms with van der Waals surface area (Å²) in [6.45, 7) is 3.90. The summed E-state index contributed by atoms with van der Waals surface area (Å²) in [5.41, 5.74) is 3.40. The molecule has 6 nitrogen and oxygen atoms in total. The van der Waals surface area contributed by atoms with Gasteiger partial charge in [0.2, 0.25) is 0 Å². The van der Waals surface area contributed by atoms with E-state index in [-0.39, 0.29) is 17.6 Å². The molecule has 2 aromatic rings. The number of nitrogens with two attached hydrogens (primary N) is 1. The zero-order valence-electron chi connectivity index (χ0n) is 10.7.